The van der Waals surface area contributed by atoms with Gasteiger partial charge in [0, 0.05) is 213 Å². The van der Waals surface area contributed by atoms with Crippen molar-refractivity contribution in [1.82, 2.24) is 84.3 Å². The number of rotatable bonds is 37. The Balaban J connectivity index is 0.000000132. The third-order valence-corrected chi connectivity index (χ3v) is 24.4. The van der Waals surface area contributed by atoms with E-state index in [-0.39, 0.29) is 18.3 Å². The van der Waals surface area contributed by atoms with Gasteiger partial charge < -0.3 is 68.5 Å². The molecule has 0 bridgehead atoms. The molecule has 8 aromatic heterocycles. The number of fused-ring (bicyclic) bond motifs is 4. The van der Waals surface area contributed by atoms with Gasteiger partial charge in [-0.15, -0.1) is 0 Å². The SMILES string of the molecule is CCOC(=O)CN(c1cc(OC)cc(OC)c1)c1ccc2ncc(-c3cnn(C)c3)nc2c1.COc1cc(C)cc(N(CC2CC2)c2ccc3ncc(-c4cnn(C)c4)nc3c2)c1.COc1cc(OC)cc(N(CC2CC2)c2ccc3ncc(-c4cnn(CCCNCCS(C)(=O)=O)c4)nc3c2)c1.COc1cc(OC)cc(N(CC2CC2)c2ccc3ncc(-c4cnn(CCN)c4)nc3c2)c1. The molecule has 16 aromatic rings. The Bertz CT molecular complexity index is 6910. The fourth-order valence-electron chi connectivity index (χ4n) is 15.7. The van der Waals surface area contributed by atoms with E-state index in [1.807, 2.05) is 144 Å². The summed E-state index contributed by atoms with van der Waals surface area (Å²) in [6, 6.07) is 48.2. The summed E-state index contributed by atoms with van der Waals surface area (Å²) in [7, 11) is 12.4. The minimum atomic E-state index is -2.94. The summed E-state index contributed by atoms with van der Waals surface area (Å²) in [4.78, 5) is 59.2. The van der Waals surface area contributed by atoms with E-state index in [9.17, 15) is 13.2 Å². The number of esters is 1. The van der Waals surface area contributed by atoms with Crippen LogP contribution in [0.2, 0.25) is 0 Å². The van der Waals surface area contributed by atoms with Crippen LogP contribution in [0.15, 0.2) is 220 Å². The van der Waals surface area contributed by atoms with Gasteiger partial charge in [0.1, 0.15) is 56.6 Å². The number of sulfone groups is 1. The second kappa shape index (κ2) is 43.4. The van der Waals surface area contributed by atoms with Crippen LogP contribution in [-0.2, 0) is 46.6 Å². The van der Waals surface area contributed by atoms with Crippen LogP contribution in [0.25, 0.3) is 89.2 Å². The summed E-state index contributed by atoms with van der Waals surface area (Å²) in [5.74, 6) is 7.00. The predicted octanol–water partition coefficient (Wildman–Crippen LogP) is 16.7. The predicted molar refractivity (Wildman–Crippen MR) is 530 cm³/mol. The highest BCUT2D eigenvalue weighted by atomic mass is 32.2. The van der Waals surface area contributed by atoms with Gasteiger partial charge in [-0.05, 0) is 174 Å². The Morgan fingerprint density at radius 1 is 0.397 bits per heavy atom. The molecule has 3 N–H and O–H groups in total. The normalized spacial score (nSPS) is 12.8. The van der Waals surface area contributed by atoms with Crippen LogP contribution in [-0.4, -0.2) is 208 Å². The highest BCUT2D eigenvalue weighted by Crippen LogP contribution is 2.44. The number of aryl methyl sites for hydroxylation is 4. The smallest absolute Gasteiger partial charge is 0.325 e. The van der Waals surface area contributed by atoms with Crippen molar-refractivity contribution in [3.63, 3.8) is 0 Å². The number of carbonyl (C=O) groups excluding carboxylic acids is 1. The molecule has 0 aliphatic heterocycles. The molecular weight excluding hydrogens is 1740 g/mol. The van der Waals surface area contributed by atoms with Crippen molar-refractivity contribution in [2.24, 2.45) is 37.6 Å². The Labute approximate surface area is 790 Å². The van der Waals surface area contributed by atoms with Crippen molar-refractivity contribution in [3.05, 3.63) is 226 Å². The summed E-state index contributed by atoms with van der Waals surface area (Å²) >= 11 is 0. The van der Waals surface area contributed by atoms with E-state index in [1.165, 1.54) is 50.3 Å². The minimum absolute atomic E-state index is 0.00535. The lowest BCUT2D eigenvalue weighted by atomic mass is 10.1. The van der Waals surface area contributed by atoms with Gasteiger partial charge in [-0.3, -0.25) is 43.5 Å². The first-order valence-electron chi connectivity index (χ1n) is 45.4. The molecule has 0 unspecified atom stereocenters. The number of hydrogen-bond donors (Lipinski definition) is 2. The van der Waals surface area contributed by atoms with Crippen molar-refractivity contribution < 1.29 is 51.1 Å². The van der Waals surface area contributed by atoms with E-state index in [0.29, 0.717) is 60.8 Å². The van der Waals surface area contributed by atoms with Crippen molar-refractivity contribution in [2.45, 2.75) is 71.9 Å². The van der Waals surface area contributed by atoms with Gasteiger partial charge in [0.2, 0.25) is 0 Å². The number of benzene rings is 8. The average molecular weight is 1860 g/mol. The lowest BCUT2D eigenvalue weighted by molar-refractivity contribution is -0.141. The van der Waals surface area contributed by atoms with Crippen LogP contribution in [0.3, 0.4) is 0 Å². The molecule has 136 heavy (non-hydrogen) atoms. The van der Waals surface area contributed by atoms with Crippen molar-refractivity contribution >= 4 is 105 Å². The molecule has 3 fully saturated rings. The number of anilines is 8. The molecule has 0 amide bonds. The lowest BCUT2D eigenvalue weighted by Gasteiger charge is -2.26. The summed E-state index contributed by atoms with van der Waals surface area (Å²) < 4.78 is 73.3. The van der Waals surface area contributed by atoms with Crippen LogP contribution < -0.4 is 63.8 Å². The second-order valence-electron chi connectivity index (χ2n) is 34.0. The first kappa shape index (κ1) is 94.3. The molecule has 0 saturated heterocycles. The first-order chi connectivity index (χ1) is 66.1. The quantitative estimate of drug-likeness (QED) is 0.0270. The largest absolute Gasteiger partial charge is 0.497 e. The number of hydrogen-bond acceptors (Lipinski definition) is 29. The molecule has 8 aromatic carbocycles. The standard InChI is InChI=1S/C29H36N6O4S.C25H28N6O2.C24H25N5O4.C24H25N5O/c1-38-25-13-24(14-26(16-25)39-2)35(19-21-5-6-21)23-7-8-27-28(15-23)33-29(18-31-27)22-17-32-34(20-22)11-4-9-30-10-12-40(3,36)37;1-32-21-9-20(10-22(12-21)33-2)31(15-17-3-4-17)19-5-6-23-24(11-19)29-25(14-27-23)18-13-28-30(16-18)8-7-26;1-5-33-24(30)15-29(18-8-19(31-3)11-20(9-18)32-4)17-6-7-21-22(10-17)27-23(13-25-21)16-12-26-28(2)14-16;1-16-8-20(10-21(9-16)30-3)29(14-17-4-5-17)19-6-7-22-23(11-19)27-24(13-25-22)18-12-26-28(2)15-18/h7-8,13-18,20-21,30H,4-6,9-12,19H2,1-3H3;5-6,9-14,16-17H,3-4,7-8,15,26H2,1-2H3;6-14H,5,15H2,1-4H3;6-13,15,17H,4-5,14H2,1-3H3. The van der Waals surface area contributed by atoms with Gasteiger partial charge in [0.25, 0.3) is 0 Å². The van der Waals surface area contributed by atoms with E-state index >= 15 is 0 Å². The number of methoxy groups -OCH3 is 7. The van der Waals surface area contributed by atoms with Gasteiger partial charge in [0.05, 0.1) is 185 Å². The zero-order valence-electron chi connectivity index (χ0n) is 78.7. The Morgan fingerprint density at radius 2 is 0.721 bits per heavy atom. The maximum Gasteiger partial charge on any atom is 0.325 e. The zero-order chi connectivity index (χ0) is 94.9. The van der Waals surface area contributed by atoms with Crippen LogP contribution in [0, 0.1) is 24.7 Å². The Morgan fingerprint density at radius 3 is 1.04 bits per heavy atom. The van der Waals surface area contributed by atoms with Crippen LogP contribution in [0.1, 0.15) is 57.4 Å². The van der Waals surface area contributed by atoms with Crippen molar-refractivity contribution in [2.75, 3.05) is 134 Å². The van der Waals surface area contributed by atoms with Gasteiger partial charge in [0.15, 0.2) is 0 Å². The molecule has 0 spiro atoms. The molecule has 0 atom stereocenters. The lowest BCUT2D eigenvalue weighted by Crippen LogP contribution is -2.27. The number of carbonyl (C=O) groups is 1. The molecule has 0 radical (unpaired) electrons. The fraction of sp³-hybridized carbons (Fsp3) is 0.324. The zero-order valence-corrected chi connectivity index (χ0v) is 79.5. The van der Waals surface area contributed by atoms with E-state index in [1.54, 1.807) is 109 Å². The highest BCUT2D eigenvalue weighted by Gasteiger charge is 2.30. The molecule has 3 aliphatic rings. The van der Waals surface area contributed by atoms with E-state index < -0.39 is 9.84 Å². The third kappa shape index (κ3) is 24.6. The summed E-state index contributed by atoms with van der Waals surface area (Å²) in [6.45, 7) is 10.1. The maximum absolute atomic E-state index is 12.5. The molecule has 3 saturated carbocycles. The van der Waals surface area contributed by atoms with Gasteiger partial charge in [-0.2, -0.15) is 20.4 Å². The summed E-state index contributed by atoms with van der Waals surface area (Å²) in [5.41, 5.74) is 28.0. The van der Waals surface area contributed by atoms with Crippen LogP contribution in [0.4, 0.5) is 45.5 Å². The molecule has 19 rings (SSSR count). The minimum Gasteiger partial charge on any atom is -0.497 e. The summed E-state index contributed by atoms with van der Waals surface area (Å²) in [6.07, 6.45) is 31.7. The number of nitrogens with one attached hydrogen (secondary N) is 1. The van der Waals surface area contributed by atoms with Crippen molar-refractivity contribution in [3.8, 4) is 85.3 Å². The molecule has 33 nitrogen and oxygen atoms in total. The highest BCUT2D eigenvalue weighted by molar-refractivity contribution is 7.90. The average Bonchev–Trinajstić information content (AvgIpc) is 1.26. The monoisotopic (exact) mass is 1850 g/mol. The van der Waals surface area contributed by atoms with Crippen molar-refractivity contribution in [1.29, 1.82) is 0 Å². The maximum atomic E-state index is 12.5. The first-order valence-corrected chi connectivity index (χ1v) is 47.4. The molecule has 704 valence electrons. The van der Waals surface area contributed by atoms with Gasteiger partial charge in [-0.1, -0.05) is 0 Å². The molecular formula is C102H114N22O11S. The number of nitrogens with two attached hydrogens (primary N) is 1. The molecule has 3 aliphatic carbocycles. The van der Waals surface area contributed by atoms with E-state index in [4.69, 9.17) is 63.6 Å². The molecule has 34 heteroatoms. The Hall–Kier alpha value is -14.9. The van der Waals surface area contributed by atoms with Gasteiger partial charge in [-0.25, -0.2) is 28.4 Å². The van der Waals surface area contributed by atoms with Crippen LogP contribution >= 0.6 is 0 Å². The fourth-order valence-corrected chi connectivity index (χ4v) is 16.2. The third-order valence-electron chi connectivity index (χ3n) is 23.5. The molecule has 8 heterocycles. The Kier molecular flexibility index (Phi) is 30.1. The van der Waals surface area contributed by atoms with E-state index in [2.05, 4.69) is 128 Å². The van der Waals surface area contributed by atoms with E-state index in [0.717, 1.165) is 197 Å². The topological polar surface area (TPSA) is 350 Å². The summed E-state index contributed by atoms with van der Waals surface area (Å²) in [5, 5.41) is 20.5. The number of aromatic nitrogens is 16. The number of ether oxygens (including phenoxy) is 8. The van der Waals surface area contributed by atoms with Gasteiger partial charge >= 0.3 is 5.97 Å². The van der Waals surface area contributed by atoms with Crippen LogP contribution in [0.5, 0.6) is 40.2 Å². The number of nitrogens with zero attached hydrogens (tertiary/aromatic N) is 20. The second-order valence-corrected chi connectivity index (χ2v) is 36.3.